The summed E-state index contributed by atoms with van der Waals surface area (Å²) in [6.45, 7) is 2.24. The van der Waals surface area contributed by atoms with Crippen molar-refractivity contribution in [1.82, 2.24) is 4.98 Å². The Morgan fingerprint density at radius 1 is 1.39 bits per heavy atom. The third-order valence-electron chi connectivity index (χ3n) is 2.75. The molecule has 0 saturated heterocycles. The molecular weight excluding hydrogens is 246 g/mol. The highest BCUT2D eigenvalue weighted by Crippen LogP contribution is 2.29. The standard InChI is InChI=1S/C14H17NO2S/c1-10(8-16)9-18-14-13-4-3-12(17-2)7-11(13)5-6-15-14/h3-7,10,16H,8-9H2,1-2H3. The molecular formula is C14H17NO2S. The van der Waals surface area contributed by atoms with Crippen LogP contribution in [-0.4, -0.2) is 29.6 Å². The second-order valence-electron chi connectivity index (χ2n) is 4.30. The van der Waals surface area contributed by atoms with E-state index in [1.165, 1.54) is 0 Å². The smallest absolute Gasteiger partial charge is 0.119 e. The van der Waals surface area contributed by atoms with Crippen LogP contribution in [0.2, 0.25) is 0 Å². The second-order valence-corrected chi connectivity index (χ2v) is 5.31. The van der Waals surface area contributed by atoms with Gasteiger partial charge in [0, 0.05) is 23.9 Å². The van der Waals surface area contributed by atoms with Crippen molar-refractivity contribution in [3.05, 3.63) is 30.5 Å². The number of benzene rings is 1. The fourth-order valence-corrected chi connectivity index (χ4v) is 2.67. The van der Waals surface area contributed by atoms with E-state index in [9.17, 15) is 0 Å². The minimum Gasteiger partial charge on any atom is -0.497 e. The molecule has 0 amide bonds. The summed E-state index contributed by atoms with van der Waals surface area (Å²) in [6, 6.07) is 7.98. The van der Waals surface area contributed by atoms with E-state index in [0.29, 0.717) is 0 Å². The van der Waals surface area contributed by atoms with Crippen LogP contribution in [0.15, 0.2) is 35.5 Å². The van der Waals surface area contributed by atoms with Crippen molar-refractivity contribution in [2.45, 2.75) is 11.9 Å². The summed E-state index contributed by atoms with van der Waals surface area (Å²) >= 11 is 1.68. The lowest BCUT2D eigenvalue weighted by Crippen LogP contribution is -2.03. The summed E-state index contributed by atoms with van der Waals surface area (Å²) in [5, 5.41) is 12.3. The molecule has 18 heavy (non-hydrogen) atoms. The van der Waals surface area contributed by atoms with Crippen molar-refractivity contribution in [3.63, 3.8) is 0 Å². The molecule has 0 saturated carbocycles. The monoisotopic (exact) mass is 263 g/mol. The number of fused-ring (bicyclic) bond motifs is 1. The SMILES string of the molecule is COc1ccc2c(SCC(C)CO)nccc2c1. The largest absolute Gasteiger partial charge is 0.497 e. The predicted molar refractivity (Wildman–Crippen MR) is 75.3 cm³/mol. The van der Waals surface area contributed by atoms with E-state index < -0.39 is 0 Å². The Bertz CT molecular complexity index is 530. The molecule has 1 heterocycles. The van der Waals surface area contributed by atoms with Crippen LogP contribution in [0.1, 0.15) is 6.92 Å². The van der Waals surface area contributed by atoms with Crippen molar-refractivity contribution >= 4 is 22.5 Å². The summed E-state index contributed by atoms with van der Waals surface area (Å²) in [5.74, 6) is 2.01. The van der Waals surface area contributed by atoms with Gasteiger partial charge in [-0.05, 0) is 35.6 Å². The Balaban J connectivity index is 2.28. The van der Waals surface area contributed by atoms with Gasteiger partial charge in [-0.25, -0.2) is 4.98 Å². The first kappa shape index (κ1) is 13.2. The van der Waals surface area contributed by atoms with Crippen molar-refractivity contribution in [2.75, 3.05) is 19.5 Å². The van der Waals surface area contributed by atoms with Gasteiger partial charge in [0.1, 0.15) is 10.8 Å². The van der Waals surface area contributed by atoms with Gasteiger partial charge in [-0.15, -0.1) is 11.8 Å². The van der Waals surface area contributed by atoms with Crippen LogP contribution < -0.4 is 4.74 Å². The number of methoxy groups -OCH3 is 1. The number of aliphatic hydroxyl groups excluding tert-OH is 1. The summed E-state index contributed by atoms with van der Waals surface area (Å²) in [5.41, 5.74) is 0. The highest BCUT2D eigenvalue weighted by atomic mass is 32.2. The topological polar surface area (TPSA) is 42.4 Å². The lowest BCUT2D eigenvalue weighted by atomic mass is 10.2. The highest BCUT2D eigenvalue weighted by Gasteiger charge is 2.07. The molecule has 1 aromatic heterocycles. The molecule has 0 aliphatic carbocycles. The van der Waals surface area contributed by atoms with Gasteiger partial charge in [0.2, 0.25) is 0 Å². The molecule has 1 aromatic carbocycles. The third-order valence-corrected chi connectivity index (χ3v) is 4.09. The van der Waals surface area contributed by atoms with Crippen LogP contribution in [0.4, 0.5) is 0 Å². The number of thioether (sulfide) groups is 1. The Morgan fingerprint density at radius 2 is 2.22 bits per heavy atom. The van der Waals surface area contributed by atoms with Gasteiger partial charge in [-0.3, -0.25) is 0 Å². The summed E-state index contributed by atoms with van der Waals surface area (Å²) < 4.78 is 5.22. The molecule has 0 spiro atoms. The van der Waals surface area contributed by atoms with Gasteiger partial charge in [-0.1, -0.05) is 6.92 Å². The van der Waals surface area contributed by atoms with Crippen molar-refractivity contribution in [1.29, 1.82) is 0 Å². The zero-order valence-electron chi connectivity index (χ0n) is 10.6. The van der Waals surface area contributed by atoms with E-state index in [1.54, 1.807) is 18.9 Å². The van der Waals surface area contributed by atoms with Crippen LogP contribution in [0.5, 0.6) is 5.75 Å². The number of ether oxygens (including phenoxy) is 1. The molecule has 1 atom stereocenters. The minimum atomic E-state index is 0.214. The molecule has 0 fully saturated rings. The van der Waals surface area contributed by atoms with Crippen LogP contribution in [0.25, 0.3) is 10.8 Å². The Morgan fingerprint density at radius 3 is 2.94 bits per heavy atom. The molecule has 0 aliphatic rings. The van der Waals surface area contributed by atoms with Crippen molar-refractivity contribution < 1.29 is 9.84 Å². The maximum absolute atomic E-state index is 9.04. The van der Waals surface area contributed by atoms with E-state index >= 15 is 0 Å². The molecule has 0 bridgehead atoms. The Labute approximate surface area is 111 Å². The average Bonchev–Trinajstić information content (AvgIpc) is 2.43. The van der Waals surface area contributed by atoms with E-state index in [2.05, 4.69) is 4.98 Å². The summed E-state index contributed by atoms with van der Waals surface area (Å²) in [6.07, 6.45) is 1.81. The number of nitrogens with zero attached hydrogens (tertiary/aromatic N) is 1. The molecule has 0 aliphatic heterocycles. The summed E-state index contributed by atoms with van der Waals surface area (Å²) in [7, 11) is 1.67. The van der Waals surface area contributed by atoms with Gasteiger partial charge in [-0.2, -0.15) is 0 Å². The normalized spacial score (nSPS) is 12.6. The molecule has 0 radical (unpaired) electrons. The van der Waals surface area contributed by atoms with Gasteiger partial charge < -0.3 is 9.84 Å². The van der Waals surface area contributed by atoms with Crippen molar-refractivity contribution in [2.24, 2.45) is 5.92 Å². The lowest BCUT2D eigenvalue weighted by molar-refractivity contribution is 0.250. The molecule has 3 nitrogen and oxygen atoms in total. The Hall–Kier alpha value is -1.26. The first-order chi connectivity index (χ1) is 8.74. The fourth-order valence-electron chi connectivity index (χ4n) is 1.64. The quantitative estimate of drug-likeness (QED) is 0.842. The highest BCUT2D eigenvalue weighted by molar-refractivity contribution is 7.99. The van der Waals surface area contributed by atoms with E-state index in [-0.39, 0.29) is 12.5 Å². The maximum Gasteiger partial charge on any atom is 0.119 e. The second kappa shape index (κ2) is 6.07. The van der Waals surface area contributed by atoms with E-state index in [0.717, 1.165) is 27.3 Å². The van der Waals surface area contributed by atoms with Crippen LogP contribution >= 0.6 is 11.8 Å². The Kier molecular flexibility index (Phi) is 4.44. The lowest BCUT2D eigenvalue weighted by Gasteiger charge is -2.09. The molecule has 1 unspecified atom stereocenters. The van der Waals surface area contributed by atoms with Gasteiger partial charge in [0.25, 0.3) is 0 Å². The van der Waals surface area contributed by atoms with Crippen LogP contribution in [0.3, 0.4) is 0 Å². The van der Waals surface area contributed by atoms with Crippen LogP contribution in [0, 0.1) is 5.92 Å². The van der Waals surface area contributed by atoms with Crippen molar-refractivity contribution in [3.8, 4) is 5.75 Å². The molecule has 2 aromatic rings. The number of aliphatic hydroxyl groups is 1. The molecule has 1 N–H and O–H groups in total. The number of pyridine rings is 1. The third kappa shape index (κ3) is 2.94. The summed E-state index contributed by atoms with van der Waals surface area (Å²) in [4.78, 5) is 4.41. The molecule has 2 rings (SSSR count). The number of aromatic nitrogens is 1. The number of hydrogen-bond acceptors (Lipinski definition) is 4. The van der Waals surface area contributed by atoms with Gasteiger partial charge >= 0.3 is 0 Å². The van der Waals surface area contributed by atoms with E-state index in [4.69, 9.17) is 9.84 Å². The fraction of sp³-hybridized carbons (Fsp3) is 0.357. The number of hydrogen-bond donors (Lipinski definition) is 1. The first-order valence-corrected chi connectivity index (χ1v) is 6.89. The minimum absolute atomic E-state index is 0.214. The average molecular weight is 263 g/mol. The molecule has 4 heteroatoms. The zero-order chi connectivity index (χ0) is 13.0. The maximum atomic E-state index is 9.04. The van der Waals surface area contributed by atoms with Crippen LogP contribution in [-0.2, 0) is 0 Å². The van der Waals surface area contributed by atoms with E-state index in [1.807, 2.05) is 37.4 Å². The van der Waals surface area contributed by atoms with Gasteiger partial charge in [0.15, 0.2) is 0 Å². The first-order valence-electron chi connectivity index (χ1n) is 5.91. The number of rotatable bonds is 5. The zero-order valence-corrected chi connectivity index (χ0v) is 11.4. The van der Waals surface area contributed by atoms with Gasteiger partial charge in [0.05, 0.1) is 7.11 Å². The molecule has 96 valence electrons. The predicted octanol–water partition coefficient (Wildman–Crippen LogP) is 2.96.